The van der Waals surface area contributed by atoms with Crippen molar-refractivity contribution in [1.29, 1.82) is 0 Å². The van der Waals surface area contributed by atoms with Crippen LogP contribution in [0.25, 0.3) is 11.3 Å². The molecule has 0 spiro atoms. The fourth-order valence-corrected chi connectivity index (χ4v) is 2.03. The van der Waals surface area contributed by atoms with Crippen molar-refractivity contribution in [3.8, 4) is 11.3 Å². The van der Waals surface area contributed by atoms with Crippen LogP contribution in [0.4, 0.5) is 0 Å². The minimum atomic E-state index is -0.221. The molecule has 0 N–H and O–H groups in total. The first-order valence-corrected chi connectivity index (χ1v) is 6.80. The van der Waals surface area contributed by atoms with Gasteiger partial charge in [-0.05, 0) is 38.0 Å². The Bertz CT molecular complexity index is 610. The average Bonchev–Trinajstić information content (AvgIpc) is 2.41. The molecule has 2 aromatic rings. The maximum Gasteiger partial charge on any atom is 0.348 e. The number of pyridine rings is 1. The van der Waals surface area contributed by atoms with Crippen molar-refractivity contribution in [3.05, 3.63) is 46.8 Å². The standard InChI is InChI=1S/C14H16ClN3O/c1-11-10-12(4-7-16-11)13-5-9-18(14(19)17-13)8-3-2-6-15/h4-5,7,9-10H,2-3,6,8H2,1H3. The minimum absolute atomic E-state index is 0.221. The highest BCUT2D eigenvalue weighted by Gasteiger charge is 2.03. The van der Waals surface area contributed by atoms with Crippen LogP contribution in [0, 0.1) is 6.92 Å². The molecule has 0 saturated carbocycles. The average molecular weight is 278 g/mol. The second kappa shape index (κ2) is 6.48. The first kappa shape index (κ1) is 13.7. The fourth-order valence-electron chi connectivity index (χ4n) is 1.84. The second-order valence-corrected chi connectivity index (χ2v) is 4.75. The Hall–Kier alpha value is -1.68. The number of nitrogens with zero attached hydrogens (tertiary/aromatic N) is 3. The van der Waals surface area contributed by atoms with Gasteiger partial charge in [0, 0.05) is 36.1 Å². The maximum atomic E-state index is 11.9. The van der Waals surface area contributed by atoms with Crippen molar-refractivity contribution < 1.29 is 0 Å². The molecule has 0 amide bonds. The molecule has 0 aliphatic carbocycles. The number of hydrogen-bond acceptors (Lipinski definition) is 3. The van der Waals surface area contributed by atoms with E-state index in [4.69, 9.17) is 11.6 Å². The van der Waals surface area contributed by atoms with E-state index < -0.39 is 0 Å². The summed E-state index contributed by atoms with van der Waals surface area (Å²) in [7, 11) is 0. The maximum absolute atomic E-state index is 11.9. The number of hydrogen-bond donors (Lipinski definition) is 0. The summed E-state index contributed by atoms with van der Waals surface area (Å²) in [4.78, 5) is 20.1. The van der Waals surface area contributed by atoms with E-state index in [1.54, 1.807) is 17.0 Å². The van der Waals surface area contributed by atoms with E-state index in [2.05, 4.69) is 9.97 Å². The van der Waals surface area contributed by atoms with Crippen LogP contribution in [0.1, 0.15) is 18.5 Å². The number of rotatable bonds is 5. The molecule has 0 fully saturated rings. The lowest BCUT2D eigenvalue weighted by molar-refractivity contribution is 0.601. The van der Waals surface area contributed by atoms with Crippen LogP contribution in [0.5, 0.6) is 0 Å². The van der Waals surface area contributed by atoms with Gasteiger partial charge in [-0.1, -0.05) is 0 Å². The molecule has 0 unspecified atom stereocenters. The van der Waals surface area contributed by atoms with E-state index in [9.17, 15) is 4.79 Å². The van der Waals surface area contributed by atoms with Gasteiger partial charge in [-0.25, -0.2) is 4.79 Å². The fraction of sp³-hybridized carbons (Fsp3) is 0.357. The van der Waals surface area contributed by atoms with Gasteiger partial charge < -0.3 is 0 Å². The molecule has 0 aromatic carbocycles. The molecular weight excluding hydrogens is 262 g/mol. The highest BCUT2D eigenvalue weighted by Crippen LogP contribution is 2.14. The molecule has 2 rings (SSSR count). The quantitative estimate of drug-likeness (QED) is 0.623. The summed E-state index contributed by atoms with van der Waals surface area (Å²) in [6.07, 6.45) is 5.30. The molecule has 100 valence electrons. The smallest absolute Gasteiger partial charge is 0.299 e. The van der Waals surface area contributed by atoms with E-state index in [-0.39, 0.29) is 5.69 Å². The number of alkyl halides is 1. The van der Waals surface area contributed by atoms with Crippen molar-refractivity contribution in [3.63, 3.8) is 0 Å². The number of unbranched alkanes of at least 4 members (excludes halogenated alkanes) is 1. The van der Waals surface area contributed by atoms with Crippen LogP contribution in [0.15, 0.2) is 35.4 Å². The highest BCUT2D eigenvalue weighted by atomic mass is 35.5. The zero-order valence-corrected chi connectivity index (χ0v) is 11.6. The molecule has 4 nitrogen and oxygen atoms in total. The Kier molecular flexibility index (Phi) is 4.68. The molecular formula is C14H16ClN3O. The molecule has 0 aliphatic heterocycles. The summed E-state index contributed by atoms with van der Waals surface area (Å²) in [6.45, 7) is 2.57. The molecule has 5 heteroatoms. The SMILES string of the molecule is Cc1cc(-c2ccn(CCCCCl)c(=O)n2)ccn1. The third-order valence-electron chi connectivity index (χ3n) is 2.85. The van der Waals surface area contributed by atoms with Crippen molar-refractivity contribution in [1.82, 2.24) is 14.5 Å². The summed E-state index contributed by atoms with van der Waals surface area (Å²) < 4.78 is 1.62. The van der Waals surface area contributed by atoms with Crippen LogP contribution in [0.2, 0.25) is 0 Å². The highest BCUT2D eigenvalue weighted by molar-refractivity contribution is 6.17. The predicted octanol–water partition coefficient (Wildman–Crippen LogP) is 2.63. The molecule has 2 aromatic heterocycles. The van der Waals surface area contributed by atoms with Crippen LogP contribution >= 0.6 is 11.6 Å². The minimum Gasteiger partial charge on any atom is -0.299 e. The number of halogens is 1. The van der Waals surface area contributed by atoms with Crippen molar-refractivity contribution >= 4 is 11.6 Å². The molecule has 0 saturated heterocycles. The molecule has 19 heavy (non-hydrogen) atoms. The molecule has 2 heterocycles. The normalized spacial score (nSPS) is 10.6. The van der Waals surface area contributed by atoms with E-state index in [1.807, 2.05) is 25.1 Å². The van der Waals surface area contributed by atoms with E-state index >= 15 is 0 Å². The Balaban J connectivity index is 2.21. The number of aryl methyl sites for hydroxylation is 2. The zero-order valence-electron chi connectivity index (χ0n) is 10.8. The summed E-state index contributed by atoms with van der Waals surface area (Å²) in [6, 6.07) is 5.63. The molecule has 0 bridgehead atoms. The summed E-state index contributed by atoms with van der Waals surface area (Å²) in [5.41, 5.74) is 2.29. The monoisotopic (exact) mass is 277 g/mol. The van der Waals surface area contributed by atoms with Gasteiger partial charge >= 0.3 is 5.69 Å². The molecule has 0 aliphatic rings. The topological polar surface area (TPSA) is 47.8 Å². The van der Waals surface area contributed by atoms with Crippen molar-refractivity contribution in [2.75, 3.05) is 5.88 Å². The summed E-state index contributed by atoms with van der Waals surface area (Å²) in [5.74, 6) is 0.622. The van der Waals surface area contributed by atoms with Gasteiger partial charge in [-0.15, -0.1) is 11.6 Å². The van der Waals surface area contributed by atoms with Gasteiger partial charge in [-0.3, -0.25) is 9.55 Å². The second-order valence-electron chi connectivity index (χ2n) is 4.37. The summed E-state index contributed by atoms with van der Waals surface area (Å²) >= 11 is 5.62. The third-order valence-corrected chi connectivity index (χ3v) is 3.12. The van der Waals surface area contributed by atoms with Gasteiger partial charge in [0.2, 0.25) is 0 Å². The number of aromatic nitrogens is 3. The largest absolute Gasteiger partial charge is 0.348 e. The van der Waals surface area contributed by atoms with E-state index in [0.29, 0.717) is 18.1 Å². The first-order valence-electron chi connectivity index (χ1n) is 6.27. The van der Waals surface area contributed by atoms with Crippen molar-refractivity contribution in [2.45, 2.75) is 26.3 Å². The Morgan fingerprint density at radius 3 is 2.84 bits per heavy atom. The predicted molar refractivity (Wildman–Crippen MR) is 76.4 cm³/mol. The lowest BCUT2D eigenvalue weighted by Gasteiger charge is -2.06. The van der Waals surface area contributed by atoms with Gasteiger partial charge in [0.15, 0.2) is 0 Å². The first-order chi connectivity index (χ1) is 9.20. The van der Waals surface area contributed by atoms with E-state index in [0.717, 1.165) is 24.1 Å². The van der Waals surface area contributed by atoms with Crippen LogP contribution < -0.4 is 5.69 Å². The van der Waals surface area contributed by atoms with Gasteiger partial charge in [-0.2, -0.15) is 4.98 Å². The molecule has 0 atom stereocenters. The van der Waals surface area contributed by atoms with Crippen LogP contribution in [-0.4, -0.2) is 20.4 Å². The van der Waals surface area contributed by atoms with Gasteiger partial charge in [0.25, 0.3) is 0 Å². The Labute approximate surface area is 117 Å². The summed E-state index contributed by atoms with van der Waals surface area (Å²) in [5, 5.41) is 0. The van der Waals surface area contributed by atoms with Gasteiger partial charge in [0.05, 0.1) is 5.69 Å². The lowest BCUT2D eigenvalue weighted by atomic mass is 10.1. The third kappa shape index (κ3) is 3.64. The Morgan fingerprint density at radius 2 is 2.16 bits per heavy atom. The molecule has 0 radical (unpaired) electrons. The lowest BCUT2D eigenvalue weighted by Crippen LogP contribution is -2.22. The van der Waals surface area contributed by atoms with Crippen LogP contribution in [-0.2, 0) is 6.54 Å². The van der Waals surface area contributed by atoms with E-state index in [1.165, 1.54) is 0 Å². The van der Waals surface area contributed by atoms with Crippen molar-refractivity contribution in [2.24, 2.45) is 0 Å². The zero-order chi connectivity index (χ0) is 13.7. The van der Waals surface area contributed by atoms with Crippen LogP contribution in [0.3, 0.4) is 0 Å². The Morgan fingerprint density at radius 1 is 1.32 bits per heavy atom. The van der Waals surface area contributed by atoms with Gasteiger partial charge in [0.1, 0.15) is 0 Å².